The van der Waals surface area contributed by atoms with Gasteiger partial charge in [-0.2, -0.15) is 0 Å². The molecule has 0 saturated carbocycles. The average molecular weight is 303 g/mol. The Bertz CT molecular complexity index is 561. The molecule has 1 fully saturated rings. The molecule has 0 unspecified atom stereocenters. The molecule has 1 aromatic carbocycles. The van der Waals surface area contributed by atoms with Crippen LogP contribution in [0.15, 0.2) is 24.3 Å². The fourth-order valence-electron chi connectivity index (χ4n) is 2.38. The summed E-state index contributed by atoms with van der Waals surface area (Å²) < 4.78 is 0. The quantitative estimate of drug-likeness (QED) is 0.842. The number of anilines is 1. The second kappa shape index (κ2) is 7.06. The van der Waals surface area contributed by atoms with Crippen molar-refractivity contribution in [3.05, 3.63) is 29.8 Å². The van der Waals surface area contributed by atoms with E-state index in [1.807, 2.05) is 0 Å². The number of nitrogens with zero attached hydrogens (tertiary/aromatic N) is 2. The minimum absolute atomic E-state index is 0.0128. The lowest BCUT2D eigenvalue weighted by Gasteiger charge is -2.34. The number of amides is 2. The van der Waals surface area contributed by atoms with E-state index in [0.29, 0.717) is 31.7 Å². The maximum atomic E-state index is 12.1. The first-order valence-corrected chi connectivity index (χ1v) is 7.35. The molecule has 1 heterocycles. The minimum atomic E-state index is 0.0128. The molecule has 1 aliphatic rings. The second-order valence-corrected chi connectivity index (χ2v) is 5.37. The summed E-state index contributed by atoms with van der Waals surface area (Å²) in [5.74, 6) is 0.0839. The van der Waals surface area contributed by atoms with Crippen molar-refractivity contribution in [3.8, 4) is 0 Å². The molecule has 1 saturated heterocycles. The van der Waals surface area contributed by atoms with Crippen molar-refractivity contribution in [1.29, 1.82) is 0 Å². The first-order valence-electron chi connectivity index (χ1n) is 7.35. The van der Waals surface area contributed by atoms with Crippen LogP contribution in [-0.4, -0.2) is 60.1 Å². The first-order chi connectivity index (χ1) is 10.5. The molecule has 22 heavy (non-hydrogen) atoms. The molecule has 1 aliphatic heterocycles. The van der Waals surface area contributed by atoms with Crippen molar-refractivity contribution in [2.75, 3.05) is 38.0 Å². The monoisotopic (exact) mass is 303 g/mol. The summed E-state index contributed by atoms with van der Waals surface area (Å²) in [7, 11) is 0. The van der Waals surface area contributed by atoms with Crippen molar-refractivity contribution in [3.63, 3.8) is 0 Å². The van der Waals surface area contributed by atoms with Crippen LogP contribution in [0.1, 0.15) is 24.2 Å². The fourth-order valence-corrected chi connectivity index (χ4v) is 2.38. The van der Waals surface area contributed by atoms with Gasteiger partial charge in [-0.3, -0.25) is 14.4 Å². The number of ketones is 1. The molecule has 1 aromatic rings. The van der Waals surface area contributed by atoms with Gasteiger partial charge in [0, 0.05) is 44.4 Å². The normalized spacial score (nSPS) is 14.6. The van der Waals surface area contributed by atoms with Crippen molar-refractivity contribution in [2.24, 2.45) is 0 Å². The van der Waals surface area contributed by atoms with Gasteiger partial charge in [-0.1, -0.05) is 0 Å². The number of rotatable bonds is 4. The van der Waals surface area contributed by atoms with Crippen LogP contribution in [0, 0.1) is 0 Å². The minimum Gasteiger partial charge on any atom is -0.376 e. The largest absolute Gasteiger partial charge is 0.376 e. The molecule has 0 aromatic heterocycles. The van der Waals surface area contributed by atoms with E-state index in [9.17, 15) is 14.4 Å². The zero-order chi connectivity index (χ0) is 16.1. The lowest BCUT2D eigenvalue weighted by Crippen LogP contribution is -2.51. The molecule has 0 bridgehead atoms. The van der Waals surface area contributed by atoms with Crippen LogP contribution in [0.25, 0.3) is 0 Å². The number of Topliss-reactive ketones (excluding diaryl/α,β-unsaturated/α-hetero) is 1. The standard InChI is InChI=1S/C16H21N3O3/c1-12(20)14-3-5-15(6-4-14)17-11-16(22)19-9-7-18(8-10-19)13(2)21/h3-6,17H,7-11H2,1-2H3. The molecule has 0 spiro atoms. The number of piperazine rings is 1. The maximum Gasteiger partial charge on any atom is 0.241 e. The summed E-state index contributed by atoms with van der Waals surface area (Å²) in [5.41, 5.74) is 1.46. The third-order valence-corrected chi connectivity index (χ3v) is 3.81. The van der Waals surface area contributed by atoms with Crippen LogP contribution in [-0.2, 0) is 9.59 Å². The van der Waals surface area contributed by atoms with Gasteiger partial charge in [-0.25, -0.2) is 0 Å². The average Bonchev–Trinajstić information content (AvgIpc) is 2.53. The number of hydrogen-bond donors (Lipinski definition) is 1. The summed E-state index contributed by atoms with van der Waals surface area (Å²) in [4.78, 5) is 38.1. The van der Waals surface area contributed by atoms with Crippen molar-refractivity contribution in [1.82, 2.24) is 9.80 Å². The van der Waals surface area contributed by atoms with Crippen LogP contribution < -0.4 is 5.32 Å². The number of benzene rings is 1. The lowest BCUT2D eigenvalue weighted by atomic mass is 10.1. The highest BCUT2D eigenvalue weighted by Gasteiger charge is 2.21. The van der Waals surface area contributed by atoms with E-state index in [0.717, 1.165) is 5.69 Å². The molecule has 0 radical (unpaired) electrons. The summed E-state index contributed by atoms with van der Waals surface area (Å²) in [6.45, 7) is 5.60. The van der Waals surface area contributed by atoms with Gasteiger partial charge in [0.05, 0.1) is 6.54 Å². The Labute approximate surface area is 130 Å². The fraction of sp³-hybridized carbons (Fsp3) is 0.438. The van der Waals surface area contributed by atoms with Crippen LogP contribution in [0.5, 0.6) is 0 Å². The van der Waals surface area contributed by atoms with Crippen LogP contribution in [0.2, 0.25) is 0 Å². The molecule has 6 heteroatoms. The van der Waals surface area contributed by atoms with Gasteiger partial charge in [0.15, 0.2) is 5.78 Å². The number of hydrogen-bond acceptors (Lipinski definition) is 4. The molecule has 2 rings (SSSR count). The molecule has 1 N–H and O–H groups in total. The molecular weight excluding hydrogens is 282 g/mol. The van der Waals surface area contributed by atoms with Crippen LogP contribution in [0.4, 0.5) is 5.69 Å². The Balaban J connectivity index is 1.80. The number of carbonyl (C=O) groups excluding carboxylic acids is 3. The lowest BCUT2D eigenvalue weighted by molar-refractivity contribution is -0.137. The van der Waals surface area contributed by atoms with Gasteiger partial charge in [-0.05, 0) is 31.2 Å². The van der Waals surface area contributed by atoms with Crippen molar-refractivity contribution in [2.45, 2.75) is 13.8 Å². The van der Waals surface area contributed by atoms with Gasteiger partial charge >= 0.3 is 0 Å². The molecular formula is C16H21N3O3. The Morgan fingerprint density at radius 2 is 1.50 bits per heavy atom. The molecule has 118 valence electrons. The Hall–Kier alpha value is -2.37. The van der Waals surface area contributed by atoms with E-state index in [-0.39, 0.29) is 24.1 Å². The van der Waals surface area contributed by atoms with E-state index in [4.69, 9.17) is 0 Å². The van der Waals surface area contributed by atoms with Crippen molar-refractivity contribution >= 4 is 23.3 Å². The predicted molar refractivity (Wildman–Crippen MR) is 83.8 cm³/mol. The van der Waals surface area contributed by atoms with E-state index in [1.54, 1.807) is 41.0 Å². The summed E-state index contributed by atoms with van der Waals surface area (Å²) in [6, 6.07) is 7.05. The SMILES string of the molecule is CC(=O)c1ccc(NCC(=O)N2CCN(C(C)=O)CC2)cc1. The smallest absolute Gasteiger partial charge is 0.241 e. The topological polar surface area (TPSA) is 69.7 Å². The van der Waals surface area contributed by atoms with E-state index < -0.39 is 0 Å². The Morgan fingerprint density at radius 1 is 0.955 bits per heavy atom. The van der Waals surface area contributed by atoms with Gasteiger partial charge in [0.1, 0.15) is 0 Å². The Kier molecular flexibility index (Phi) is 5.14. The zero-order valence-corrected chi connectivity index (χ0v) is 13.0. The van der Waals surface area contributed by atoms with E-state index in [2.05, 4.69) is 5.32 Å². The molecule has 6 nitrogen and oxygen atoms in total. The summed E-state index contributed by atoms with van der Waals surface area (Å²) in [5, 5.41) is 3.06. The highest BCUT2D eigenvalue weighted by atomic mass is 16.2. The third-order valence-electron chi connectivity index (χ3n) is 3.81. The molecule has 2 amide bonds. The number of nitrogens with one attached hydrogen (secondary N) is 1. The van der Waals surface area contributed by atoms with Gasteiger partial charge in [0.25, 0.3) is 0 Å². The van der Waals surface area contributed by atoms with Gasteiger partial charge < -0.3 is 15.1 Å². The first kappa shape index (κ1) is 16.0. The predicted octanol–water partition coefficient (Wildman–Crippen LogP) is 0.992. The number of carbonyl (C=O) groups is 3. The van der Waals surface area contributed by atoms with Gasteiger partial charge in [0.2, 0.25) is 11.8 Å². The summed E-state index contributed by atoms with van der Waals surface area (Å²) >= 11 is 0. The van der Waals surface area contributed by atoms with E-state index >= 15 is 0 Å². The van der Waals surface area contributed by atoms with Crippen LogP contribution in [0.3, 0.4) is 0 Å². The highest BCUT2D eigenvalue weighted by molar-refractivity contribution is 5.94. The molecule has 0 atom stereocenters. The highest BCUT2D eigenvalue weighted by Crippen LogP contribution is 2.10. The summed E-state index contributed by atoms with van der Waals surface area (Å²) in [6.07, 6.45) is 0. The van der Waals surface area contributed by atoms with Crippen LogP contribution >= 0.6 is 0 Å². The van der Waals surface area contributed by atoms with E-state index in [1.165, 1.54) is 6.92 Å². The maximum absolute atomic E-state index is 12.1. The van der Waals surface area contributed by atoms with Gasteiger partial charge in [-0.15, -0.1) is 0 Å². The Morgan fingerprint density at radius 3 is 2.00 bits per heavy atom. The second-order valence-electron chi connectivity index (χ2n) is 5.37. The molecule has 0 aliphatic carbocycles. The van der Waals surface area contributed by atoms with Crippen molar-refractivity contribution < 1.29 is 14.4 Å². The third kappa shape index (κ3) is 4.07. The zero-order valence-electron chi connectivity index (χ0n) is 13.0.